The van der Waals surface area contributed by atoms with Gasteiger partial charge in [-0.15, -0.1) is 0 Å². The van der Waals surface area contributed by atoms with E-state index < -0.39 is 20.4 Å². The van der Waals surface area contributed by atoms with Gasteiger partial charge in [0.25, 0.3) is 8.32 Å². The monoisotopic (exact) mass is 537 g/mol. The third-order valence-corrected chi connectivity index (χ3v) is 13.4. The average molecular weight is 538 g/mol. The number of carbonyl (C=O) groups is 2. The molecular formula is C32H35N3O3Si. The second kappa shape index (κ2) is 9.81. The Morgan fingerprint density at radius 1 is 0.897 bits per heavy atom. The molecule has 2 fully saturated rings. The summed E-state index contributed by atoms with van der Waals surface area (Å²) in [5.74, 6) is -0.119. The summed E-state index contributed by atoms with van der Waals surface area (Å²) in [7, 11) is -2.80. The largest absolute Gasteiger partial charge is 0.403 e. The summed E-state index contributed by atoms with van der Waals surface area (Å²) < 4.78 is 7.28. The molecule has 0 aliphatic carbocycles. The van der Waals surface area contributed by atoms with E-state index in [1.165, 1.54) is 10.4 Å². The Morgan fingerprint density at radius 3 is 2.15 bits per heavy atom. The molecule has 2 aliphatic rings. The van der Waals surface area contributed by atoms with Crippen LogP contribution in [0.3, 0.4) is 0 Å². The number of nitrogens with zero attached hydrogens (tertiary/aromatic N) is 1. The zero-order chi connectivity index (χ0) is 27.2. The summed E-state index contributed by atoms with van der Waals surface area (Å²) >= 11 is 0. The molecule has 3 atom stereocenters. The number of H-pyrrole nitrogens is 1. The lowest BCUT2D eigenvalue weighted by atomic mass is 10.0. The maximum atomic E-state index is 13.7. The first-order chi connectivity index (χ1) is 18.8. The molecule has 0 radical (unpaired) electrons. The fourth-order valence-electron chi connectivity index (χ4n) is 6.50. The number of hydrogen-bond donors (Lipinski definition) is 2. The van der Waals surface area contributed by atoms with Gasteiger partial charge in [0.2, 0.25) is 11.8 Å². The van der Waals surface area contributed by atoms with Crippen molar-refractivity contribution in [1.82, 2.24) is 15.2 Å². The molecule has 0 bridgehead atoms. The van der Waals surface area contributed by atoms with E-state index in [2.05, 4.69) is 79.6 Å². The topological polar surface area (TPSA) is 74.4 Å². The van der Waals surface area contributed by atoms with Crippen molar-refractivity contribution in [3.63, 3.8) is 0 Å². The van der Waals surface area contributed by atoms with Crippen LogP contribution in [0.15, 0.2) is 91.1 Å². The van der Waals surface area contributed by atoms with Crippen molar-refractivity contribution in [2.45, 2.75) is 56.8 Å². The number of amides is 2. The van der Waals surface area contributed by atoms with Crippen LogP contribution in [0, 0.1) is 0 Å². The highest BCUT2D eigenvalue weighted by Gasteiger charge is 2.54. The predicted molar refractivity (Wildman–Crippen MR) is 157 cm³/mol. The van der Waals surface area contributed by atoms with Gasteiger partial charge in [-0.2, -0.15) is 0 Å². The van der Waals surface area contributed by atoms with Crippen LogP contribution in [0.25, 0.3) is 10.9 Å². The molecule has 1 aromatic heterocycles. The Labute approximate surface area is 230 Å². The summed E-state index contributed by atoms with van der Waals surface area (Å²) in [4.78, 5) is 32.1. The lowest BCUT2D eigenvalue weighted by Gasteiger charge is -2.44. The van der Waals surface area contributed by atoms with Gasteiger partial charge in [0.1, 0.15) is 12.1 Å². The summed E-state index contributed by atoms with van der Waals surface area (Å²) in [6, 6.07) is 28.0. The van der Waals surface area contributed by atoms with Crippen molar-refractivity contribution in [2.75, 3.05) is 6.54 Å². The molecule has 39 heavy (non-hydrogen) atoms. The molecule has 3 unspecified atom stereocenters. The molecule has 0 saturated carbocycles. The highest BCUT2D eigenvalue weighted by molar-refractivity contribution is 6.99. The first-order valence-corrected chi connectivity index (χ1v) is 15.6. The normalized spacial score (nSPS) is 21.7. The molecular weight excluding hydrogens is 502 g/mol. The Kier molecular flexibility index (Phi) is 6.44. The first kappa shape index (κ1) is 25.6. The van der Waals surface area contributed by atoms with Crippen molar-refractivity contribution in [3.8, 4) is 0 Å². The predicted octanol–water partition coefficient (Wildman–Crippen LogP) is 3.75. The van der Waals surface area contributed by atoms with Crippen molar-refractivity contribution < 1.29 is 14.0 Å². The van der Waals surface area contributed by atoms with Gasteiger partial charge in [-0.1, -0.05) is 99.6 Å². The fourth-order valence-corrected chi connectivity index (χ4v) is 11.2. The average Bonchev–Trinajstić information content (AvgIpc) is 3.55. The molecule has 4 aromatic rings. The number of carbonyl (C=O) groups excluding carboxylic acids is 2. The highest BCUT2D eigenvalue weighted by Crippen LogP contribution is 2.39. The van der Waals surface area contributed by atoms with E-state index in [1.807, 2.05) is 42.6 Å². The molecule has 2 aliphatic heterocycles. The standard InChI is InChI=1S/C32H35N3O3Si/c1-32(2,3)39(24-12-6-4-7-13-24,25-14-8-5-9-15-25)38-23-19-29-30(36)34-28(31(37)35(29)21-23)18-22-20-33-27-17-11-10-16-26(22)27/h4-17,20,23,28-29,33H,18-19,21H2,1-3H3,(H,34,36). The number of rotatable bonds is 6. The quantitative estimate of drug-likeness (QED) is 0.368. The van der Waals surface area contributed by atoms with E-state index in [-0.39, 0.29) is 23.0 Å². The van der Waals surface area contributed by atoms with Gasteiger partial charge < -0.3 is 19.6 Å². The number of para-hydroxylation sites is 1. The van der Waals surface area contributed by atoms with Crippen molar-refractivity contribution in [1.29, 1.82) is 0 Å². The number of nitrogens with one attached hydrogen (secondary N) is 2. The summed E-state index contributed by atoms with van der Waals surface area (Å²) in [5, 5.41) is 6.32. The second-order valence-corrected chi connectivity index (χ2v) is 16.0. The second-order valence-electron chi connectivity index (χ2n) is 11.8. The molecule has 7 heteroatoms. The third-order valence-electron chi connectivity index (χ3n) is 8.32. The van der Waals surface area contributed by atoms with Crippen LogP contribution in [0.4, 0.5) is 0 Å². The molecule has 2 N–H and O–H groups in total. The molecule has 2 saturated heterocycles. The molecule has 6 nitrogen and oxygen atoms in total. The van der Waals surface area contributed by atoms with E-state index in [1.54, 1.807) is 4.90 Å². The number of piperazine rings is 1. The first-order valence-electron chi connectivity index (χ1n) is 13.7. The van der Waals surface area contributed by atoms with Gasteiger partial charge >= 0.3 is 0 Å². The van der Waals surface area contributed by atoms with Crippen LogP contribution in [-0.4, -0.2) is 54.7 Å². The Hall–Kier alpha value is -3.68. The Bertz CT molecular complexity index is 1460. The minimum Gasteiger partial charge on any atom is -0.403 e. The maximum Gasteiger partial charge on any atom is 0.261 e. The van der Waals surface area contributed by atoms with Gasteiger partial charge in [-0.3, -0.25) is 9.59 Å². The van der Waals surface area contributed by atoms with Gasteiger partial charge in [0.05, 0.1) is 6.10 Å². The van der Waals surface area contributed by atoms with E-state index in [0.29, 0.717) is 19.4 Å². The van der Waals surface area contributed by atoms with Gasteiger partial charge in [-0.05, 0) is 27.0 Å². The van der Waals surface area contributed by atoms with Crippen molar-refractivity contribution >= 4 is 41.4 Å². The number of fused-ring (bicyclic) bond motifs is 2. The number of hydrogen-bond acceptors (Lipinski definition) is 3. The zero-order valence-electron chi connectivity index (χ0n) is 22.7. The minimum atomic E-state index is -2.80. The summed E-state index contributed by atoms with van der Waals surface area (Å²) in [6.07, 6.45) is 2.66. The molecule has 3 aromatic carbocycles. The number of benzene rings is 3. The van der Waals surface area contributed by atoms with Crippen LogP contribution in [-0.2, 0) is 20.4 Å². The summed E-state index contributed by atoms with van der Waals surface area (Å²) in [6.45, 7) is 7.16. The van der Waals surface area contributed by atoms with Crippen LogP contribution in [0.1, 0.15) is 32.8 Å². The molecule has 200 valence electrons. The Morgan fingerprint density at radius 2 is 1.51 bits per heavy atom. The van der Waals surface area contributed by atoms with E-state index in [4.69, 9.17) is 4.43 Å². The van der Waals surface area contributed by atoms with Gasteiger partial charge in [0.15, 0.2) is 0 Å². The van der Waals surface area contributed by atoms with Crippen molar-refractivity contribution in [3.05, 3.63) is 96.7 Å². The van der Waals surface area contributed by atoms with Gasteiger partial charge in [0, 0.05) is 36.5 Å². The molecule has 3 heterocycles. The minimum absolute atomic E-state index is 0.0292. The van der Waals surface area contributed by atoms with Crippen LogP contribution >= 0.6 is 0 Å². The van der Waals surface area contributed by atoms with Crippen LogP contribution in [0.2, 0.25) is 5.04 Å². The van der Waals surface area contributed by atoms with Crippen LogP contribution < -0.4 is 15.7 Å². The lowest BCUT2D eigenvalue weighted by molar-refractivity contribution is -0.147. The molecule has 6 rings (SSSR count). The van der Waals surface area contributed by atoms with Crippen LogP contribution in [0.5, 0.6) is 0 Å². The van der Waals surface area contributed by atoms with Gasteiger partial charge in [-0.25, -0.2) is 0 Å². The zero-order valence-corrected chi connectivity index (χ0v) is 23.7. The summed E-state index contributed by atoms with van der Waals surface area (Å²) in [5.41, 5.74) is 2.06. The molecule has 0 spiro atoms. The fraction of sp³-hybridized carbons (Fsp3) is 0.312. The molecule has 2 amide bonds. The number of aromatic amines is 1. The maximum absolute atomic E-state index is 13.7. The highest BCUT2D eigenvalue weighted by atomic mass is 28.4. The van der Waals surface area contributed by atoms with E-state index >= 15 is 0 Å². The lowest BCUT2D eigenvalue weighted by Crippen LogP contribution is -2.67. The Balaban J connectivity index is 1.29. The van der Waals surface area contributed by atoms with E-state index in [0.717, 1.165) is 16.5 Å². The number of aromatic nitrogens is 1. The van der Waals surface area contributed by atoms with E-state index in [9.17, 15) is 9.59 Å². The van der Waals surface area contributed by atoms with Crippen molar-refractivity contribution in [2.24, 2.45) is 0 Å². The SMILES string of the molecule is CC(C)(C)[Si](OC1CC2C(=O)NC(Cc3c[nH]c4ccccc34)C(=O)N2C1)(c1ccccc1)c1ccccc1. The third kappa shape index (κ3) is 4.39. The smallest absolute Gasteiger partial charge is 0.261 e.